The van der Waals surface area contributed by atoms with Crippen LogP contribution >= 0.6 is 0 Å². The Kier molecular flexibility index (Phi) is 6.17. The van der Waals surface area contributed by atoms with Crippen LogP contribution in [0, 0.1) is 6.92 Å². The summed E-state index contributed by atoms with van der Waals surface area (Å²) in [5, 5.41) is 2.26. The molecule has 43 heavy (non-hydrogen) atoms. The number of para-hydroxylation sites is 2. The predicted molar refractivity (Wildman–Crippen MR) is 181 cm³/mol. The molecule has 210 valence electrons. The molecule has 0 bridgehead atoms. The number of allylic oxidation sites excluding steroid dienone is 7. The largest absolute Gasteiger partial charge is 0.454 e. The Morgan fingerprint density at radius 2 is 1.72 bits per heavy atom. The van der Waals surface area contributed by atoms with Gasteiger partial charge in [0.05, 0.1) is 22.6 Å². The molecule has 0 amide bonds. The van der Waals surface area contributed by atoms with E-state index in [1.54, 1.807) is 12.2 Å². The minimum atomic E-state index is -0.260. The van der Waals surface area contributed by atoms with E-state index in [4.69, 9.17) is 14.4 Å². The summed E-state index contributed by atoms with van der Waals surface area (Å²) in [6.07, 6.45) is 13.6. The zero-order chi connectivity index (χ0) is 29.9. The maximum atomic E-state index is 6.47. The molecule has 4 heteroatoms. The zero-order valence-corrected chi connectivity index (χ0v) is 25.0. The summed E-state index contributed by atoms with van der Waals surface area (Å²) in [7, 11) is 0. The molecule has 0 atom stereocenters. The summed E-state index contributed by atoms with van der Waals surface area (Å²) in [6.45, 7) is 16.5. The fourth-order valence-corrected chi connectivity index (χ4v) is 6.56. The van der Waals surface area contributed by atoms with Crippen LogP contribution < -0.4 is 0 Å². The second-order valence-corrected chi connectivity index (χ2v) is 11.5. The molecule has 6 aromatic rings. The van der Waals surface area contributed by atoms with Crippen molar-refractivity contribution in [1.82, 2.24) is 14.5 Å². The van der Waals surface area contributed by atoms with Crippen molar-refractivity contribution in [3.8, 4) is 17.1 Å². The van der Waals surface area contributed by atoms with Crippen LogP contribution in [0.5, 0.6) is 0 Å². The molecule has 0 unspecified atom stereocenters. The van der Waals surface area contributed by atoms with E-state index in [1.807, 2.05) is 43.4 Å². The number of hydrogen-bond donors (Lipinski definition) is 0. The maximum absolute atomic E-state index is 6.47. The fourth-order valence-electron chi connectivity index (χ4n) is 6.56. The molecular weight excluding hydrogens is 526 g/mol. The maximum Gasteiger partial charge on any atom is 0.161 e. The van der Waals surface area contributed by atoms with E-state index in [1.165, 1.54) is 16.6 Å². The smallest absolute Gasteiger partial charge is 0.161 e. The lowest BCUT2D eigenvalue weighted by Crippen LogP contribution is -2.26. The molecule has 7 rings (SSSR count). The van der Waals surface area contributed by atoms with Crippen LogP contribution in [-0.2, 0) is 5.41 Å². The van der Waals surface area contributed by atoms with E-state index < -0.39 is 0 Å². The van der Waals surface area contributed by atoms with Crippen LogP contribution in [0.4, 0.5) is 0 Å². The first-order valence-corrected chi connectivity index (χ1v) is 14.6. The minimum Gasteiger partial charge on any atom is -0.454 e. The van der Waals surface area contributed by atoms with E-state index in [0.29, 0.717) is 5.82 Å². The highest BCUT2D eigenvalue weighted by Gasteiger charge is 2.36. The average molecular weight is 560 g/mol. The van der Waals surface area contributed by atoms with Crippen molar-refractivity contribution in [2.45, 2.75) is 33.1 Å². The van der Waals surface area contributed by atoms with Gasteiger partial charge in [0.25, 0.3) is 0 Å². The van der Waals surface area contributed by atoms with Crippen molar-refractivity contribution in [3.05, 3.63) is 138 Å². The molecule has 3 aromatic carbocycles. The van der Waals surface area contributed by atoms with Crippen molar-refractivity contribution in [3.63, 3.8) is 0 Å². The summed E-state index contributed by atoms with van der Waals surface area (Å²) in [4.78, 5) is 10.2. The van der Waals surface area contributed by atoms with Gasteiger partial charge in [0.2, 0.25) is 0 Å². The first-order chi connectivity index (χ1) is 20.9. The average Bonchev–Trinajstić information content (AvgIpc) is 3.55. The number of benzene rings is 3. The number of fused-ring (bicyclic) bond motifs is 7. The second-order valence-electron chi connectivity index (χ2n) is 11.5. The molecule has 0 fully saturated rings. The molecule has 4 heterocycles. The predicted octanol–water partition coefficient (Wildman–Crippen LogP) is 10.3. The third-order valence-electron chi connectivity index (χ3n) is 8.63. The third kappa shape index (κ3) is 3.90. The molecule has 4 nitrogen and oxygen atoms in total. The number of furan rings is 1. The van der Waals surface area contributed by atoms with Gasteiger partial charge >= 0.3 is 0 Å². The van der Waals surface area contributed by atoms with Gasteiger partial charge in [0, 0.05) is 32.9 Å². The second kappa shape index (κ2) is 9.95. The van der Waals surface area contributed by atoms with E-state index in [2.05, 4.69) is 93.1 Å². The van der Waals surface area contributed by atoms with Crippen molar-refractivity contribution in [1.29, 1.82) is 0 Å². The molecule has 1 aliphatic rings. The summed E-state index contributed by atoms with van der Waals surface area (Å²) >= 11 is 0. The number of aromatic nitrogens is 3. The molecule has 1 aliphatic heterocycles. The first kappa shape index (κ1) is 26.7. The zero-order valence-electron chi connectivity index (χ0n) is 25.0. The van der Waals surface area contributed by atoms with Crippen molar-refractivity contribution < 1.29 is 4.42 Å². The number of hydrogen-bond acceptors (Lipinski definition) is 3. The molecule has 0 radical (unpaired) electrons. The van der Waals surface area contributed by atoms with Gasteiger partial charge in [-0.2, -0.15) is 0 Å². The number of rotatable bonds is 6. The molecule has 0 aliphatic carbocycles. The minimum absolute atomic E-state index is 0.260. The molecule has 0 saturated carbocycles. The van der Waals surface area contributed by atoms with E-state index in [-0.39, 0.29) is 5.41 Å². The van der Waals surface area contributed by atoms with Crippen LogP contribution in [0.25, 0.3) is 61.7 Å². The normalized spacial score (nSPS) is 14.4. The molecule has 0 saturated heterocycles. The van der Waals surface area contributed by atoms with Crippen LogP contribution in [0.2, 0.25) is 0 Å². The Labute approximate surface area is 251 Å². The Morgan fingerprint density at radius 1 is 0.907 bits per heavy atom. The van der Waals surface area contributed by atoms with Crippen LogP contribution in [0.3, 0.4) is 0 Å². The summed E-state index contributed by atoms with van der Waals surface area (Å²) in [5.41, 5.74) is 12.2. The van der Waals surface area contributed by atoms with Gasteiger partial charge in [0.15, 0.2) is 11.4 Å². The van der Waals surface area contributed by atoms with Crippen LogP contribution in [0.15, 0.2) is 115 Å². The van der Waals surface area contributed by atoms with Crippen LogP contribution in [-0.4, -0.2) is 14.5 Å². The van der Waals surface area contributed by atoms with Crippen molar-refractivity contribution >= 4 is 44.6 Å². The van der Waals surface area contributed by atoms with E-state index in [9.17, 15) is 0 Å². The van der Waals surface area contributed by atoms with Gasteiger partial charge in [-0.1, -0.05) is 87.7 Å². The van der Waals surface area contributed by atoms with Gasteiger partial charge in [-0.3, -0.25) is 0 Å². The topological polar surface area (TPSA) is 43.9 Å². The van der Waals surface area contributed by atoms with Gasteiger partial charge < -0.3 is 8.98 Å². The van der Waals surface area contributed by atoms with Crippen molar-refractivity contribution in [2.24, 2.45) is 0 Å². The SMILES string of the molecule is C=C/C=C\c1nc(-c2ccc3c(c2)C(C)(C)c2cccc4c5oc6ccccc6c5n-3c24)nc(C(/C=C\C)=C/C=C)c1C. The van der Waals surface area contributed by atoms with Gasteiger partial charge in [-0.25, -0.2) is 9.97 Å². The first-order valence-electron chi connectivity index (χ1n) is 14.6. The Bertz CT molecular complexity index is 2210. The highest BCUT2D eigenvalue weighted by molar-refractivity contribution is 6.17. The number of nitrogens with zero attached hydrogens (tertiary/aromatic N) is 3. The van der Waals surface area contributed by atoms with E-state index in [0.717, 1.165) is 61.2 Å². The fraction of sp³-hybridized carbons (Fsp3) is 0.128. The summed E-state index contributed by atoms with van der Waals surface area (Å²) < 4.78 is 8.86. The Morgan fingerprint density at radius 3 is 2.51 bits per heavy atom. The highest BCUT2D eigenvalue weighted by atomic mass is 16.3. The molecular formula is C39H33N3O. The lowest BCUT2D eigenvalue weighted by Gasteiger charge is -2.35. The molecule has 3 aromatic heterocycles. The third-order valence-corrected chi connectivity index (χ3v) is 8.63. The Balaban J connectivity index is 1.51. The lowest BCUT2D eigenvalue weighted by molar-refractivity contribution is 0.630. The quantitative estimate of drug-likeness (QED) is 0.191. The summed E-state index contributed by atoms with van der Waals surface area (Å²) in [6, 6.07) is 21.5. The molecule has 0 spiro atoms. The highest BCUT2D eigenvalue weighted by Crippen LogP contribution is 2.50. The van der Waals surface area contributed by atoms with E-state index >= 15 is 0 Å². The van der Waals surface area contributed by atoms with Crippen molar-refractivity contribution in [2.75, 3.05) is 0 Å². The van der Waals surface area contributed by atoms with Gasteiger partial charge in [0.1, 0.15) is 11.1 Å². The summed E-state index contributed by atoms with van der Waals surface area (Å²) in [5.74, 6) is 0.679. The van der Waals surface area contributed by atoms with Gasteiger partial charge in [-0.15, -0.1) is 0 Å². The standard InChI is InChI=1S/C39H33N3O/c1-7-10-19-31-24(4)34(25(14-8-2)15-9-3)41-38(40-31)26-21-22-32-30(23-26)39(5,6)29-18-13-17-28-35(29)42(32)36-27-16-11-12-20-33(27)43-37(28)36/h7-23H,1-2H2,3-6H3/b15-9-,19-10-,25-14+. The Hall–Kier alpha value is -5.22. The van der Waals surface area contributed by atoms with Gasteiger partial charge in [-0.05, 0) is 67.4 Å². The lowest BCUT2D eigenvalue weighted by atomic mass is 9.74. The molecule has 0 N–H and O–H groups in total. The monoisotopic (exact) mass is 559 g/mol. The van der Waals surface area contributed by atoms with Crippen LogP contribution in [0.1, 0.15) is 48.8 Å².